The lowest BCUT2D eigenvalue weighted by Crippen LogP contribution is -2.15. The molecule has 3 heterocycles. The summed E-state index contributed by atoms with van der Waals surface area (Å²) in [6, 6.07) is 4.34. The van der Waals surface area contributed by atoms with Crippen molar-refractivity contribution in [3.63, 3.8) is 0 Å². The van der Waals surface area contributed by atoms with E-state index in [0.717, 1.165) is 23.1 Å². The fourth-order valence-electron chi connectivity index (χ4n) is 3.35. The van der Waals surface area contributed by atoms with E-state index in [-0.39, 0.29) is 5.52 Å². The Kier molecular flexibility index (Phi) is 4.67. The molecule has 0 unspecified atom stereocenters. The highest BCUT2D eigenvalue weighted by Crippen LogP contribution is 2.36. The van der Waals surface area contributed by atoms with Gasteiger partial charge in [-0.1, -0.05) is 6.07 Å². The van der Waals surface area contributed by atoms with Crippen LogP contribution in [-0.4, -0.2) is 43.6 Å². The van der Waals surface area contributed by atoms with Crippen molar-refractivity contribution < 1.29 is 21.6 Å². The average Bonchev–Trinajstić information content (AvgIpc) is 3.52. The Bertz CT molecular complexity index is 1610. The van der Waals surface area contributed by atoms with Crippen molar-refractivity contribution in [1.29, 1.82) is 0 Å². The van der Waals surface area contributed by atoms with E-state index in [1.165, 1.54) is 25.4 Å². The van der Waals surface area contributed by atoms with Crippen molar-refractivity contribution >= 4 is 26.6 Å². The van der Waals surface area contributed by atoms with Gasteiger partial charge in [0.05, 0.1) is 17.4 Å². The minimum absolute atomic E-state index is 0.0942. The number of nitrogens with zero attached hydrogens (tertiary/aromatic N) is 5. The van der Waals surface area contributed by atoms with Crippen LogP contribution in [0, 0.1) is 17.5 Å². The Labute approximate surface area is 183 Å². The van der Waals surface area contributed by atoms with Crippen molar-refractivity contribution in [3.8, 4) is 22.6 Å². The average molecular weight is 474 g/mol. The Balaban J connectivity index is 1.61. The lowest BCUT2D eigenvalue weighted by molar-refractivity contribution is 0.580. The van der Waals surface area contributed by atoms with Crippen LogP contribution in [0.15, 0.2) is 47.9 Å². The van der Waals surface area contributed by atoms with Gasteiger partial charge in [-0.2, -0.15) is 23.4 Å². The number of hydrogen-bond acceptors (Lipinski definition) is 6. The number of aryl methyl sites for hydroxylation is 1. The number of imidazole rings is 1. The summed E-state index contributed by atoms with van der Waals surface area (Å²) in [5, 5.41) is 13.7. The van der Waals surface area contributed by atoms with Gasteiger partial charge in [-0.3, -0.25) is 9.82 Å². The van der Waals surface area contributed by atoms with Gasteiger partial charge in [0.2, 0.25) is 5.03 Å². The molecule has 0 bridgehead atoms. The van der Waals surface area contributed by atoms with E-state index in [9.17, 15) is 12.8 Å². The number of hydrogen-bond donors (Lipinski definition) is 3. The molecule has 0 atom stereocenters. The molecule has 0 saturated heterocycles. The topological polar surface area (TPSA) is 134 Å². The van der Waals surface area contributed by atoms with E-state index in [1.807, 2.05) is 4.72 Å². The molecule has 0 saturated carbocycles. The standard InChI is InChI=1S/C19H13F3N8O2S/c1-30-25-8-13(28-30)33(31,32)29-12-5-4-11(20)14(16(12)22)9-2-3-10-17(15(9)21)26-27-18(10)19-23-6-7-24-19/h2-8,29H,1H3,(H,23,24)(H,26,27). The lowest BCUT2D eigenvalue weighted by atomic mass is 10.0. The fraction of sp³-hybridized carbons (Fsp3) is 0.0526. The Hall–Kier alpha value is -4.20. The summed E-state index contributed by atoms with van der Waals surface area (Å²) in [7, 11) is -2.92. The van der Waals surface area contributed by atoms with Gasteiger partial charge in [-0.25, -0.2) is 18.2 Å². The zero-order valence-corrected chi connectivity index (χ0v) is 17.5. The van der Waals surface area contributed by atoms with E-state index in [0.29, 0.717) is 16.9 Å². The van der Waals surface area contributed by atoms with Crippen LogP contribution in [0.2, 0.25) is 0 Å². The molecule has 168 valence electrons. The van der Waals surface area contributed by atoms with Gasteiger partial charge in [-0.05, 0) is 18.2 Å². The molecule has 3 N–H and O–H groups in total. The third-order valence-electron chi connectivity index (χ3n) is 4.86. The smallest absolute Gasteiger partial charge is 0.282 e. The summed E-state index contributed by atoms with van der Waals surface area (Å²) in [6.45, 7) is 0. The summed E-state index contributed by atoms with van der Waals surface area (Å²) >= 11 is 0. The minimum Gasteiger partial charge on any atom is -0.343 e. The molecule has 5 aromatic rings. The van der Waals surface area contributed by atoms with Gasteiger partial charge in [0, 0.05) is 30.4 Å². The first-order chi connectivity index (χ1) is 15.8. The number of fused-ring (bicyclic) bond motifs is 1. The maximum absolute atomic E-state index is 15.3. The van der Waals surface area contributed by atoms with Crippen molar-refractivity contribution in [2.45, 2.75) is 5.03 Å². The second-order valence-corrected chi connectivity index (χ2v) is 8.55. The first-order valence-corrected chi connectivity index (χ1v) is 10.8. The molecule has 5 rings (SSSR count). The second-order valence-electron chi connectivity index (χ2n) is 6.92. The second kappa shape index (κ2) is 7.44. The molecule has 3 aromatic heterocycles. The summed E-state index contributed by atoms with van der Waals surface area (Å²) in [5.41, 5.74) is -1.52. The maximum atomic E-state index is 15.3. The molecule has 0 amide bonds. The van der Waals surface area contributed by atoms with Crippen LogP contribution in [0.3, 0.4) is 0 Å². The number of benzene rings is 2. The van der Waals surface area contributed by atoms with Gasteiger partial charge in [0.1, 0.15) is 17.0 Å². The maximum Gasteiger partial charge on any atom is 0.282 e. The number of sulfonamides is 1. The summed E-state index contributed by atoms with van der Waals surface area (Å²) in [4.78, 5) is 7.92. The first kappa shape index (κ1) is 20.7. The van der Waals surface area contributed by atoms with Crippen LogP contribution in [0.1, 0.15) is 0 Å². The van der Waals surface area contributed by atoms with Crippen molar-refractivity contribution in [1.82, 2.24) is 35.2 Å². The van der Waals surface area contributed by atoms with Gasteiger partial charge >= 0.3 is 0 Å². The molecule has 0 aliphatic rings. The molecule has 0 spiro atoms. The molecule has 33 heavy (non-hydrogen) atoms. The highest BCUT2D eigenvalue weighted by Gasteiger charge is 2.25. The molecular weight excluding hydrogens is 461 g/mol. The molecule has 0 fully saturated rings. The number of halogens is 3. The summed E-state index contributed by atoms with van der Waals surface area (Å²) < 4.78 is 72.1. The third kappa shape index (κ3) is 3.40. The number of nitrogens with one attached hydrogen (secondary N) is 3. The van der Waals surface area contributed by atoms with Crippen LogP contribution >= 0.6 is 0 Å². The van der Waals surface area contributed by atoms with Crippen molar-refractivity contribution in [3.05, 3.63) is 60.3 Å². The van der Waals surface area contributed by atoms with Gasteiger partial charge in [0.15, 0.2) is 17.5 Å². The van der Waals surface area contributed by atoms with Crippen LogP contribution < -0.4 is 4.72 Å². The molecular formula is C19H13F3N8O2S. The van der Waals surface area contributed by atoms with Crippen LogP contribution in [0.4, 0.5) is 18.9 Å². The quantitative estimate of drug-likeness (QED) is 0.359. The fourth-order valence-corrected chi connectivity index (χ4v) is 4.31. The lowest BCUT2D eigenvalue weighted by Gasteiger charge is -2.12. The van der Waals surface area contributed by atoms with Crippen LogP contribution in [0.25, 0.3) is 33.5 Å². The first-order valence-electron chi connectivity index (χ1n) is 9.30. The zero-order chi connectivity index (χ0) is 23.3. The number of rotatable bonds is 5. The van der Waals surface area contributed by atoms with E-state index >= 15 is 8.78 Å². The van der Waals surface area contributed by atoms with E-state index in [1.54, 1.807) is 6.20 Å². The largest absolute Gasteiger partial charge is 0.343 e. The highest BCUT2D eigenvalue weighted by atomic mass is 32.2. The van der Waals surface area contributed by atoms with Crippen molar-refractivity contribution in [2.75, 3.05) is 4.72 Å². The normalized spacial score (nSPS) is 11.9. The molecule has 0 aliphatic heterocycles. The van der Waals surface area contributed by atoms with Gasteiger partial charge in [0.25, 0.3) is 10.0 Å². The molecule has 0 aliphatic carbocycles. The van der Waals surface area contributed by atoms with E-state index < -0.39 is 49.3 Å². The zero-order valence-electron chi connectivity index (χ0n) is 16.6. The van der Waals surface area contributed by atoms with E-state index in [2.05, 4.69) is 30.4 Å². The number of anilines is 1. The van der Waals surface area contributed by atoms with Gasteiger partial charge < -0.3 is 4.98 Å². The predicted molar refractivity (Wildman–Crippen MR) is 111 cm³/mol. The van der Waals surface area contributed by atoms with E-state index in [4.69, 9.17) is 0 Å². The third-order valence-corrected chi connectivity index (χ3v) is 6.08. The number of aromatic amines is 2. The number of aromatic nitrogens is 7. The van der Waals surface area contributed by atoms with Crippen LogP contribution in [-0.2, 0) is 17.1 Å². The number of H-pyrrole nitrogens is 2. The Morgan fingerprint density at radius 1 is 1.09 bits per heavy atom. The molecule has 10 nitrogen and oxygen atoms in total. The molecule has 2 aromatic carbocycles. The SMILES string of the molecule is Cn1ncc(S(=O)(=O)Nc2ccc(F)c(-c3ccc4c(-c5ncc[nH]5)n[nH]c4c3F)c2F)n1. The van der Waals surface area contributed by atoms with Crippen LogP contribution in [0.5, 0.6) is 0 Å². The molecule has 0 radical (unpaired) electrons. The highest BCUT2D eigenvalue weighted by molar-refractivity contribution is 7.92. The Morgan fingerprint density at radius 2 is 1.91 bits per heavy atom. The monoisotopic (exact) mass is 474 g/mol. The minimum atomic E-state index is -4.32. The Morgan fingerprint density at radius 3 is 2.61 bits per heavy atom. The predicted octanol–water partition coefficient (Wildman–Crippen LogP) is 2.97. The summed E-state index contributed by atoms with van der Waals surface area (Å²) in [5.74, 6) is -2.97. The molecule has 14 heteroatoms. The summed E-state index contributed by atoms with van der Waals surface area (Å²) in [6.07, 6.45) is 4.03. The van der Waals surface area contributed by atoms with Crippen molar-refractivity contribution in [2.24, 2.45) is 7.05 Å². The van der Waals surface area contributed by atoms with Gasteiger partial charge in [-0.15, -0.1) is 5.10 Å².